The van der Waals surface area contributed by atoms with Gasteiger partial charge in [0.05, 0.1) is 0 Å². The van der Waals surface area contributed by atoms with Gasteiger partial charge in [-0.2, -0.15) is 0 Å². The Kier molecular flexibility index (Phi) is 5.23. The van der Waals surface area contributed by atoms with E-state index in [0.717, 1.165) is 37.1 Å². The highest BCUT2D eigenvalue weighted by Crippen LogP contribution is 2.25. The summed E-state index contributed by atoms with van der Waals surface area (Å²) in [6.45, 7) is 3.65. The van der Waals surface area contributed by atoms with E-state index in [0.29, 0.717) is 11.7 Å². The van der Waals surface area contributed by atoms with Crippen LogP contribution in [0.15, 0.2) is 18.2 Å². The van der Waals surface area contributed by atoms with Crippen LogP contribution in [0.25, 0.3) is 0 Å². The Labute approximate surface area is 127 Å². The van der Waals surface area contributed by atoms with Crippen molar-refractivity contribution < 1.29 is 4.79 Å². The normalized spacial score (nSPS) is 15.6. The minimum absolute atomic E-state index is 0.124. The fourth-order valence-electron chi connectivity index (χ4n) is 3.08. The number of nitrogen functional groups attached to an aromatic ring is 1. The summed E-state index contributed by atoms with van der Waals surface area (Å²) in [5.41, 5.74) is 8.32. The lowest BCUT2D eigenvalue weighted by atomic mass is 10.1. The first-order valence-corrected chi connectivity index (χ1v) is 7.80. The maximum Gasteiger partial charge on any atom is 0.254 e. The summed E-state index contributed by atoms with van der Waals surface area (Å²) in [6.07, 6.45) is 4.71. The molecule has 1 amide bonds. The summed E-state index contributed by atoms with van der Waals surface area (Å²) >= 11 is 0. The summed E-state index contributed by atoms with van der Waals surface area (Å²) in [7, 11) is 4.09. The number of hydrogen-bond acceptors (Lipinski definition) is 3. The molecule has 0 aliphatic heterocycles. The van der Waals surface area contributed by atoms with Crippen LogP contribution in [0.5, 0.6) is 0 Å². The third kappa shape index (κ3) is 4.21. The van der Waals surface area contributed by atoms with Crippen molar-refractivity contribution >= 4 is 11.6 Å². The molecule has 21 heavy (non-hydrogen) atoms. The van der Waals surface area contributed by atoms with Crippen molar-refractivity contribution in [3.63, 3.8) is 0 Å². The molecule has 1 aliphatic rings. The predicted molar refractivity (Wildman–Crippen MR) is 87.4 cm³/mol. The first-order valence-electron chi connectivity index (χ1n) is 7.80. The Morgan fingerprint density at radius 2 is 1.86 bits per heavy atom. The molecule has 0 aromatic heterocycles. The zero-order valence-electron chi connectivity index (χ0n) is 13.4. The molecular formula is C17H27N3O. The number of amides is 1. The van der Waals surface area contributed by atoms with E-state index in [1.54, 1.807) is 6.07 Å². The number of rotatable bonds is 5. The third-order valence-corrected chi connectivity index (χ3v) is 4.16. The zero-order chi connectivity index (χ0) is 15.4. The summed E-state index contributed by atoms with van der Waals surface area (Å²) in [5.74, 6) is 0.124. The monoisotopic (exact) mass is 289 g/mol. The fourth-order valence-corrected chi connectivity index (χ4v) is 3.08. The molecule has 2 N–H and O–H groups in total. The number of likely N-dealkylation sites (N-methyl/N-ethyl adjacent to an activating group) is 1. The second kappa shape index (κ2) is 6.94. The summed E-state index contributed by atoms with van der Waals surface area (Å²) in [5, 5.41) is 0. The first kappa shape index (κ1) is 15.8. The van der Waals surface area contributed by atoms with Crippen molar-refractivity contribution in [1.29, 1.82) is 0 Å². The Morgan fingerprint density at radius 1 is 1.19 bits per heavy atom. The Morgan fingerprint density at radius 3 is 2.43 bits per heavy atom. The molecule has 116 valence electrons. The summed E-state index contributed by atoms with van der Waals surface area (Å²) in [6, 6.07) is 6.03. The van der Waals surface area contributed by atoms with E-state index in [-0.39, 0.29) is 5.91 Å². The summed E-state index contributed by atoms with van der Waals surface area (Å²) in [4.78, 5) is 17.1. The number of anilines is 1. The van der Waals surface area contributed by atoms with Crippen LogP contribution in [-0.4, -0.2) is 48.9 Å². The smallest absolute Gasteiger partial charge is 0.254 e. The van der Waals surface area contributed by atoms with Gasteiger partial charge in [-0.15, -0.1) is 0 Å². The highest BCUT2D eigenvalue weighted by Gasteiger charge is 2.27. The van der Waals surface area contributed by atoms with E-state index in [9.17, 15) is 4.79 Å². The third-order valence-electron chi connectivity index (χ3n) is 4.16. The van der Waals surface area contributed by atoms with Crippen molar-refractivity contribution in [1.82, 2.24) is 9.80 Å². The Bertz CT molecular complexity index is 473. The Balaban J connectivity index is 2.19. The van der Waals surface area contributed by atoms with Gasteiger partial charge in [0.1, 0.15) is 0 Å². The van der Waals surface area contributed by atoms with Gasteiger partial charge in [0.25, 0.3) is 5.91 Å². The number of benzene rings is 1. The van der Waals surface area contributed by atoms with Crippen LogP contribution < -0.4 is 5.73 Å². The van der Waals surface area contributed by atoms with Crippen LogP contribution in [0.2, 0.25) is 0 Å². The minimum atomic E-state index is 0.124. The molecule has 4 nitrogen and oxygen atoms in total. The second-order valence-corrected chi connectivity index (χ2v) is 6.37. The van der Waals surface area contributed by atoms with Crippen molar-refractivity contribution in [3.8, 4) is 0 Å². The standard InChI is InChI=1S/C17H27N3O/c1-13-10-14(12-15(18)11-13)17(21)20(9-8-19(2)3)16-6-4-5-7-16/h10-12,16H,4-9,18H2,1-3H3. The minimum Gasteiger partial charge on any atom is -0.399 e. The zero-order valence-corrected chi connectivity index (χ0v) is 13.4. The van der Waals surface area contributed by atoms with Gasteiger partial charge >= 0.3 is 0 Å². The highest BCUT2D eigenvalue weighted by atomic mass is 16.2. The number of carbonyl (C=O) groups excluding carboxylic acids is 1. The molecule has 1 saturated carbocycles. The van der Waals surface area contributed by atoms with Gasteiger partial charge in [-0.25, -0.2) is 0 Å². The Hall–Kier alpha value is -1.55. The molecule has 0 unspecified atom stereocenters. The van der Waals surface area contributed by atoms with Gasteiger partial charge in [0.15, 0.2) is 0 Å². The van der Waals surface area contributed by atoms with Crippen LogP contribution in [0.3, 0.4) is 0 Å². The fraction of sp³-hybridized carbons (Fsp3) is 0.588. The molecule has 0 bridgehead atoms. The van der Waals surface area contributed by atoms with E-state index in [1.807, 2.05) is 33.2 Å². The molecule has 0 radical (unpaired) electrons. The average Bonchev–Trinajstić information content (AvgIpc) is 2.91. The molecule has 1 aromatic carbocycles. The number of hydrogen-bond donors (Lipinski definition) is 1. The molecule has 4 heteroatoms. The number of aryl methyl sites for hydroxylation is 1. The van der Waals surface area contributed by atoms with E-state index >= 15 is 0 Å². The van der Waals surface area contributed by atoms with Crippen LogP contribution in [0, 0.1) is 6.92 Å². The van der Waals surface area contributed by atoms with Crippen LogP contribution in [0.4, 0.5) is 5.69 Å². The van der Waals surface area contributed by atoms with Crippen molar-refractivity contribution in [2.45, 2.75) is 38.6 Å². The van der Waals surface area contributed by atoms with Gasteiger partial charge in [-0.3, -0.25) is 4.79 Å². The van der Waals surface area contributed by atoms with Gasteiger partial charge in [-0.1, -0.05) is 12.8 Å². The topological polar surface area (TPSA) is 49.6 Å². The largest absolute Gasteiger partial charge is 0.399 e. The van der Waals surface area contributed by atoms with E-state index in [2.05, 4.69) is 9.80 Å². The molecule has 0 atom stereocenters. The molecule has 1 aromatic rings. The highest BCUT2D eigenvalue weighted by molar-refractivity contribution is 5.95. The van der Waals surface area contributed by atoms with Gasteiger partial charge in [0, 0.05) is 30.4 Å². The number of nitrogens with two attached hydrogens (primary N) is 1. The van der Waals surface area contributed by atoms with Gasteiger partial charge in [-0.05, 0) is 57.6 Å². The molecule has 1 aliphatic carbocycles. The predicted octanol–water partition coefficient (Wildman–Crippen LogP) is 2.52. The SMILES string of the molecule is Cc1cc(N)cc(C(=O)N(CCN(C)C)C2CCCC2)c1. The molecule has 2 rings (SSSR count). The van der Waals surface area contributed by atoms with Gasteiger partial charge in [0.2, 0.25) is 0 Å². The van der Waals surface area contributed by atoms with Gasteiger partial charge < -0.3 is 15.5 Å². The van der Waals surface area contributed by atoms with E-state index in [1.165, 1.54) is 12.8 Å². The number of nitrogens with zero attached hydrogens (tertiary/aromatic N) is 2. The van der Waals surface area contributed by atoms with Crippen molar-refractivity contribution in [2.24, 2.45) is 0 Å². The molecule has 0 saturated heterocycles. The lowest BCUT2D eigenvalue weighted by Gasteiger charge is -2.30. The van der Waals surface area contributed by atoms with Crippen LogP contribution in [0.1, 0.15) is 41.6 Å². The van der Waals surface area contributed by atoms with Crippen LogP contribution >= 0.6 is 0 Å². The maximum absolute atomic E-state index is 12.9. The quantitative estimate of drug-likeness (QED) is 0.847. The average molecular weight is 289 g/mol. The molecule has 0 heterocycles. The maximum atomic E-state index is 12.9. The lowest BCUT2D eigenvalue weighted by Crippen LogP contribution is -2.42. The van der Waals surface area contributed by atoms with E-state index in [4.69, 9.17) is 5.73 Å². The molecule has 1 fully saturated rings. The van der Waals surface area contributed by atoms with Crippen molar-refractivity contribution in [2.75, 3.05) is 32.9 Å². The van der Waals surface area contributed by atoms with E-state index < -0.39 is 0 Å². The lowest BCUT2D eigenvalue weighted by molar-refractivity contribution is 0.0667. The first-order chi connectivity index (χ1) is 9.97. The number of carbonyl (C=O) groups is 1. The van der Waals surface area contributed by atoms with Crippen molar-refractivity contribution in [3.05, 3.63) is 29.3 Å². The summed E-state index contributed by atoms with van der Waals surface area (Å²) < 4.78 is 0. The molecular weight excluding hydrogens is 262 g/mol. The van der Waals surface area contributed by atoms with Crippen LogP contribution in [-0.2, 0) is 0 Å². The molecule has 0 spiro atoms. The second-order valence-electron chi connectivity index (χ2n) is 6.37.